The average Bonchev–Trinajstić information content (AvgIpc) is 2.40. The van der Waals surface area contributed by atoms with Crippen molar-refractivity contribution >= 4 is 5.95 Å². The second kappa shape index (κ2) is 5.96. The quantitative estimate of drug-likeness (QED) is 0.862. The second-order valence-electron chi connectivity index (χ2n) is 4.72. The normalized spacial score (nSPS) is 20.6. The van der Waals surface area contributed by atoms with Crippen LogP contribution >= 0.6 is 0 Å². The molecule has 1 aliphatic rings. The highest BCUT2D eigenvalue weighted by molar-refractivity contribution is 5.32. The van der Waals surface area contributed by atoms with Crippen LogP contribution in [0.25, 0.3) is 0 Å². The molecule has 0 spiro atoms. The van der Waals surface area contributed by atoms with Gasteiger partial charge in [0.25, 0.3) is 0 Å². The lowest BCUT2D eigenvalue weighted by atomic mass is 10.0. The van der Waals surface area contributed by atoms with Crippen LogP contribution < -0.4 is 10.6 Å². The van der Waals surface area contributed by atoms with E-state index < -0.39 is 0 Å². The van der Waals surface area contributed by atoms with E-state index in [-0.39, 0.29) is 0 Å². The number of hydrogen-bond donors (Lipinski definition) is 1. The lowest BCUT2D eigenvalue weighted by Gasteiger charge is -2.34. The maximum absolute atomic E-state index is 5.81. The maximum atomic E-state index is 5.81. The van der Waals surface area contributed by atoms with Gasteiger partial charge in [0.2, 0.25) is 5.95 Å². The van der Waals surface area contributed by atoms with Crippen molar-refractivity contribution in [3.8, 4) is 0 Å². The zero-order valence-corrected chi connectivity index (χ0v) is 10.6. The summed E-state index contributed by atoms with van der Waals surface area (Å²) in [5.74, 6) is 0.847. The summed E-state index contributed by atoms with van der Waals surface area (Å²) >= 11 is 0. The second-order valence-corrected chi connectivity index (χ2v) is 4.72. The molecule has 2 rings (SSSR count). The molecule has 1 saturated heterocycles. The molecule has 1 unspecified atom stereocenters. The first kappa shape index (κ1) is 12.3. The van der Waals surface area contributed by atoms with Crippen molar-refractivity contribution in [2.45, 2.75) is 45.1 Å². The number of anilines is 1. The van der Waals surface area contributed by atoms with E-state index in [4.69, 9.17) is 5.73 Å². The summed E-state index contributed by atoms with van der Waals surface area (Å²) in [6.45, 7) is 3.90. The fourth-order valence-electron chi connectivity index (χ4n) is 2.42. The van der Waals surface area contributed by atoms with Gasteiger partial charge in [0.05, 0.1) is 0 Å². The van der Waals surface area contributed by atoms with Gasteiger partial charge in [-0.1, -0.05) is 13.3 Å². The predicted octanol–water partition coefficient (Wildman–Crippen LogP) is 1.75. The van der Waals surface area contributed by atoms with Crippen molar-refractivity contribution in [1.29, 1.82) is 0 Å². The molecule has 0 aromatic carbocycles. The Morgan fingerprint density at radius 3 is 2.76 bits per heavy atom. The molecule has 2 heterocycles. The van der Waals surface area contributed by atoms with Gasteiger partial charge >= 0.3 is 0 Å². The molecule has 0 aliphatic carbocycles. The van der Waals surface area contributed by atoms with Crippen LogP contribution in [-0.4, -0.2) is 29.1 Å². The number of nitrogens with zero attached hydrogens (tertiary/aromatic N) is 3. The number of aromatic nitrogens is 2. The first-order valence-electron chi connectivity index (χ1n) is 6.62. The zero-order chi connectivity index (χ0) is 12.1. The lowest BCUT2D eigenvalue weighted by Crippen LogP contribution is -2.45. The standard InChI is InChI=1S/C13H22N4/c1-2-5-11-9-15-13(16-10-11)17-7-4-3-6-12(17)8-14/h9-10,12H,2-8,14H2,1H3. The SMILES string of the molecule is CCCc1cnc(N2CCCCC2CN)nc1. The Kier molecular flexibility index (Phi) is 4.31. The van der Waals surface area contributed by atoms with Crippen molar-refractivity contribution in [2.75, 3.05) is 18.0 Å². The number of hydrogen-bond acceptors (Lipinski definition) is 4. The van der Waals surface area contributed by atoms with E-state index in [0.717, 1.165) is 31.8 Å². The van der Waals surface area contributed by atoms with Crippen LogP contribution in [0, 0.1) is 0 Å². The first-order valence-corrected chi connectivity index (χ1v) is 6.62. The molecular formula is C13H22N4. The van der Waals surface area contributed by atoms with Gasteiger partial charge in [-0.2, -0.15) is 0 Å². The van der Waals surface area contributed by atoms with Crippen LogP contribution in [-0.2, 0) is 6.42 Å². The van der Waals surface area contributed by atoms with Crippen LogP contribution in [0.1, 0.15) is 38.2 Å². The highest BCUT2D eigenvalue weighted by Crippen LogP contribution is 2.20. The monoisotopic (exact) mass is 234 g/mol. The average molecular weight is 234 g/mol. The highest BCUT2D eigenvalue weighted by atomic mass is 15.3. The molecule has 17 heavy (non-hydrogen) atoms. The molecule has 2 N–H and O–H groups in total. The van der Waals surface area contributed by atoms with Crippen LogP contribution in [0.3, 0.4) is 0 Å². The van der Waals surface area contributed by atoms with Crippen molar-refractivity contribution in [3.63, 3.8) is 0 Å². The van der Waals surface area contributed by atoms with Crippen molar-refractivity contribution in [1.82, 2.24) is 9.97 Å². The summed E-state index contributed by atoms with van der Waals surface area (Å²) in [6.07, 6.45) is 9.75. The molecule has 4 nitrogen and oxygen atoms in total. The highest BCUT2D eigenvalue weighted by Gasteiger charge is 2.22. The minimum Gasteiger partial charge on any atom is -0.337 e. The van der Waals surface area contributed by atoms with E-state index in [1.807, 2.05) is 12.4 Å². The smallest absolute Gasteiger partial charge is 0.225 e. The Balaban J connectivity index is 2.09. The number of aryl methyl sites for hydroxylation is 1. The Morgan fingerprint density at radius 2 is 2.12 bits per heavy atom. The van der Waals surface area contributed by atoms with E-state index >= 15 is 0 Å². The summed E-state index contributed by atoms with van der Waals surface area (Å²) in [4.78, 5) is 11.2. The molecule has 1 aliphatic heterocycles. The molecule has 1 aromatic heterocycles. The summed E-state index contributed by atoms with van der Waals surface area (Å²) in [7, 11) is 0. The van der Waals surface area contributed by atoms with E-state index in [1.165, 1.54) is 18.4 Å². The maximum Gasteiger partial charge on any atom is 0.225 e. The van der Waals surface area contributed by atoms with E-state index in [2.05, 4.69) is 21.8 Å². The van der Waals surface area contributed by atoms with Crippen molar-refractivity contribution in [3.05, 3.63) is 18.0 Å². The Hall–Kier alpha value is -1.16. The van der Waals surface area contributed by atoms with Crippen LogP contribution in [0.5, 0.6) is 0 Å². The van der Waals surface area contributed by atoms with Gasteiger partial charge in [0, 0.05) is 31.5 Å². The minimum atomic E-state index is 0.417. The van der Waals surface area contributed by atoms with Gasteiger partial charge in [-0.25, -0.2) is 9.97 Å². The molecule has 1 atom stereocenters. The summed E-state index contributed by atoms with van der Waals surface area (Å²) in [6, 6.07) is 0.417. The minimum absolute atomic E-state index is 0.417. The molecule has 0 radical (unpaired) electrons. The fourth-order valence-corrected chi connectivity index (χ4v) is 2.42. The number of nitrogens with two attached hydrogens (primary N) is 1. The Labute approximate surface area is 103 Å². The van der Waals surface area contributed by atoms with Crippen LogP contribution in [0.15, 0.2) is 12.4 Å². The van der Waals surface area contributed by atoms with Gasteiger partial charge in [-0.05, 0) is 31.2 Å². The third kappa shape index (κ3) is 2.94. The van der Waals surface area contributed by atoms with Crippen molar-refractivity contribution in [2.24, 2.45) is 5.73 Å². The number of piperidine rings is 1. The molecule has 0 bridgehead atoms. The van der Waals surface area contributed by atoms with Gasteiger partial charge in [-0.15, -0.1) is 0 Å². The Bertz CT molecular complexity index is 336. The van der Waals surface area contributed by atoms with Gasteiger partial charge in [-0.3, -0.25) is 0 Å². The molecule has 94 valence electrons. The molecule has 1 aromatic rings. The molecular weight excluding hydrogens is 212 g/mol. The predicted molar refractivity (Wildman–Crippen MR) is 70.1 cm³/mol. The Morgan fingerprint density at radius 1 is 1.35 bits per heavy atom. The summed E-state index contributed by atoms with van der Waals surface area (Å²) < 4.78 is 0. The summed E-state index contributed by atoms with van der Waals surface area (Å²) in [5, 5.41) is 0. The fraction of sp³-hybridized carbons (Fsp3) is 0.692. The van der Waals surface area contributed by atoms with Gasteiger partial charge in [0.15, 0.2) is 0 Å². The van der Waals surface area contributed by atoms with E-state index in [1.54, 1.807) is 0 Å². The topological polar surface area (TPSA) is 55.0 Å². The van der Waals surface area contributed by atoms with Crippen LogP contribution in [0.4, 0.5) is 5.95 Å². The van der Waals surface area contributed by atoms with Gasteiger partial charge in [0.1, 0.15) is 0 Å². The third-order valence-corrected chi connectivity index (χ3v) is 3.39. The number of rotatable bonds is 4. The van der Waals surface area contributed by atoms with Crippen LogP contribution in [0.2, 0.25) is 0 Å². The zero-order valence-electron chi connectivity index (χ0n) is 10.6. The van der Waals surface area contributed by atoms with E-state index in [0.29, 0.717) is 12.6 Å². The largest absolute Gasteiger partial charge is 0.337 e. The van der Waals surface area contributed by atoms with E-state index in [9.17, 15) is 0 Å². The lowest BCUT2D eigenvalue weighted by molar-refractivity contribution is 0.458. The molecule has 0 saturated carbocycles. The first-order chi connectivity index (χ1) is 8.35. The van der Waals surface area contributed by atoms with Gasteiger partial charge < -0.3 is 10.6 Å². The molecule has 4 heteroatoms. The third-order valence-electron chi connectivity index (χ3n) is 3.39. The molecule has 0 amide bonds. The van der Waals surface area contributed by atoms with Crippen molar-refractivity contribution < 1.29 is 0 Å². The summed E-state index contributed by atoms with van der Waals surface area (Å²) in [5.41, 5.74) is 7.03. The molecule has 1 fully saturated rings.